The maximum Gasteiger partial charge on any atom is 0.256 e. The van der Waals surface area contributed by atoms with Gasteiger partial charge in [0, 0.05) is 23.7 Å². The molecule has 24 heavy (non-hydrogen) atoms. The molecule has 1 aromatic carbocycles. The van der Waals surface area contributed by atoms with Crippen molar-refractivity contribution in [2.45, 2.75) is 5.92 Å². The fourth-order valence-electron chi connectivity index (χ4n) is 3.17. The van der Waals surface area contributed by atoms with E-state index in [1.807, 2.05) is 18.2 Å². The molecule has 0 aliphatic carbocycles. The Morgan fingerprint density at radius 1 is 1.21 bits per heavy atom. The lowest BCUT2D eigenvalue weighted by atomic mass is 9.79. The van der Waals surface area contributed by atoms with Crippen LogP contribution < -0.4 is 10.3 Å². The molecular formula is C18H12N4O2. The number of hydrogen-bond acceptors (Lipinski definition) is 5. The normalized spacial score (nSPS) is 19.4. The molecule has 116 valence electrons. The molecule has 0 spiro atoms. The highest BCUT2D eigenvalue weighted by atomic mass is 16.5. The van der Waals surface area contributed by atoms with Crippen molar-refractivity contribution in [2.75, 3.05) is 0 Å². The summed E-state index contributed by atoms with van der Waals surface area (Å²) in [6.07, 6.45) is 3.22. The Hall–Kier alpha value is -3.46. The Kier molecular flexibility index (Phi) is 3.14. The first-order valence-electron chi connectivity index (χ1n) is 7.41. The third-order valence-corrected chi connectivity index (χ3v) is 4.25. The molecule has 1 aliphatic rings. The summed E-state index contributed by atoms with van der Waals surface area (Å²) in [6, 6.07) is 12.9. The van der Waals surface area contributed by atoms with E-state index in [0.29, 0.717) is 22.2 Å². The van der Waals surface area contributed by atoms with Gasteiger partial charge in [0.1, 0.15) is 11.7 Å². The van der Waals surface area contributed by atoms with Crippen LogP contribution >= 0.6 is 0 Å². The van der Waals surface area contributed by atoms with E-state index in [1.54, 1.807) is 30.6 Å². The van der Waals surface area contributed by atoms with Crippen molar-refractivity contribution in [3.63, 3.8) is 0 Å². The number of benzene rings is 1. The van der Waals surface area contributed by atoms with E-state index >= 15 is 0 Å². The van der Waals surface area contributed by atoms with Crippen LogP contribution in [0.5, 0.6) is 5.75 Å². The zero-order valence-corrected chi connectivity index (χ0v) is 12.5. The van der Waals surface area contributed by atoms with Crippen molar-refractivity contribution in [2.24, 2.45) is 5.92 Å². The number of para-hydroxylation sites is 1. The summed E-state index contributed by atoms with van der Waals surface area (Å²) in [5.74, 6) is -1.22. The quantitative estimate of drug-likeness (QED) is 0.720. The van der Waals surface area contributed by atoms with Gasteiger partial charge in [-0.15, -0.1) is 0 Å². The van der Waals surface area contributed by atoms with Gasteiger partial charge >= 0.3 is 0 Å². The minimum Gasteiger partial charge on any atom is -0.441 e. The summed E-state index contributed by atoms with van der Waals surface area (Å²) >= 11 is 0. The molecule has 2 atom stereocenters. The maximum atomic E-state index is 12.7. The van der Waals surface area contributed by atoms with Crippen LogP contribution in [0.3, 0.4) is 0 Å². The van der Waals surface area contributed by atoms with Gasteiger partial charge in [0.2, 0.25) is 5.90 Å². The largest absolute Gasteiger partial charge is 0.441 e. The number of nitrogens with zero attached hydrogens (tertiary/aromatic N) is 2. The van der Waals surface area contributed by atoms with E-state index < -0.39 is 11.8 Å². The number of ether oxygens (including phenoxy) is 1. The summed E-state index contributed by atoms with van der Waals surface area (Å²) in [5.41, 5.74) is 1.46. The van der Waals surface area contributed by atoms with E-state index in [4.69, 9.17) is 10.1 Å². The van der Waals surface area contributed by atoms with E-state index in [1.165, 1.54) is 0 Å². The lowest BCUT2D eigenvalue weighted by molar-refractivity contribution is 0.452. The van der Waals surface area contributed by atoms with Gasteiger partial charge < -0.3 is 9.72 Å². The van der Waals surface area contributed by atoms with Crippen molar-refractivity contribution in [1.29, 1.82) is 10.7 Å². The van der Waals surface area contributed by atoms with Crippen LogP contribution in [0.1, 0.15) is 17.0 Å². The monoisotopic (exact) mass is 316 g/mol. The lowest BCUT2D eigenvalue weighted by Crippen LogP contribution is -2.35. The second-order valence-corrected chi connectivity index (χ2v) is 5.57. The molecule has 2 aromatic heterocycles. The third-order valence-electron chi connectivity index (χ3n) is 4.25. The first kappa shape index (κ1) is 14.2. The number of nitriles is 1. The Morgan fingerprint density at radius 2 is 1.96 bits per heavy atom. The molecule has 0 saturated heterocycles. The first-order chi connectivity index (χ1) is 11.7. The molecule has 3 aromatic rings. The van der Waals surface area contributed by atoms with Crippen LogP contribution in [0.25, 0.3) is 10.9 Å². The van der Waals surface area contributed by atoms with Crippen LogP contribution in [-0.4, -0.2) is 15.9 Å². The number of H-pyrrole nitrogens is 1. The molecule has 4 rings (SSSR count). The number of pyridine rings is 2. The molecule has 6 nitrogen and oxygen atoms in total. The average Bonchev–Trinajstić information content (AvgIpc) is 2.61. The highest BCUT2D eigenvalue weighted by Gasteiger charge is 2.39. The third kappa shape index (κ3) is 1.99. The van der Waals surface area contributed by atoms with Gasteiger partial charge in [0.15, 0.2) is 0 Å². The maximum absolute atomic E-state index is 12.7. The summed E-state index contributed by atoms with van der Waals surface area (Å²) in [4.78, 5) is 19.5. The first-order valence-corrected chi connectivity index (χ1v) is 7.41. The van der Waals surface area contributed by atoms with Gasteiger partial charge in [-0.25, -0.2) is 0 Å². The SMILES string of the molecule is N#CC1C(=N)Oc2c(c(=O)[nH]c3ccccc23)C1c1ccncc1. The van der Waals surface area contributed by atoms with Crippen LogP contribution in [0, 0.1) is 22.7 Å². The summed E-state index contributed by atoms with van der Waals surface area (Å²) in [5, 5.41) is 18.4. The number of aromatic nitrogens is 2. The van der Waals surface area contributed by atoms with Crippen molar-refractivity contribution >= 4 is 16.8 Å². The highest BCUT2D eigenvalue weighted by molar-refractivity contribution is 5.93. The topological polar surface area (TPSA) is 103 Å². The van der Waals surface area contributed by atoms with Gasteiger partial charge in [-0.05, 0) is 29.8 Å². The van der Waals surface area contributed by atoms with Crippen molar-refractivity contribution < 1.29 is 4.74 Å². The molecule has 0 bridgehead atoms. The fourth-order valence-corrected chi connectivity index (χ4v) is 3.17. The molecule has 0 saturated carbocycles. The Balaban J connectivity index is 2.08. The van der Waals surface area contributed by atoms with Crippen LogP contribution in [-0.2, 0) is 0 Å². The van der Waals surface area contributed by atoms with Crippen molar-refractivity contribution in [1.82, 2.24) is 9.97 Å². The molecule has 2 unspecified atom stereocenters. The summed E-state index contributed by atoms with van der Waals surface area (Å²) in [6.45, 7) is 0. The van der Waals surface area contributed by atoms with Gasteiger partial charge in [-0.3, -0.25) is 15.2 Å². The molecule has 0 radical (unpaired) electrons. The van der Waals surface area contributed by atoms with Crippen molar-refractivity contribution in [3.05, 3.63) is 70.3 Å². The molecule has 0 fully saturated rings. The highest BCUT2D eigenvalue weighted by Crippen LogP contribution is 2.42. The smallest absolute Gasteiger partial charge is 0.256 e. The molecule has 3 heterocycles. The molecular weight excluding hydrogens is 304 g/mol. The number of aromatic amines is 1. The zero-order chi connectivity index (χ0) is 16.7. The van der Waals surface area contributed by atoms with Gasteiger partial charge in [0.05, 0.1) is 17.1 Å². The Morgan fingerprint density at radius 3 is 2.71 bits per heavy atom. The second-order valence-electron chi connectivity index (χ2n) is 5.57. The van der Waals surface area contributed by atoms with Crippen LogP contribution in [0.2, 0.25) is 0 Å². The number of nitrogens with one attached hydrogen (secondary N) is 2. The van der Waals surface area contributed by atoms with E-state index in [-0.39, 0.29) is 11.5 Å². The number of rotatable bonds is 1. The van der Waals surface area contributed by atoms with Crippen LogP contribution in [0.4, 0.5) is 0 Å². The van der Waals surface area contributed by atoms with Crippen molar-refractivity contribution in [3.8, 4) is 11.8 Å². The van der Waals surface area contributed by atoms with E-state index in [0.717, 1.165) is 5.56 Å². The fraction of sp³-hybridized carbons (Fsp3) is 0.111. The minimum absolute atomic E-state index is 0.150. The predicted molar refractivity (Wildman–Crippen MR) is 88.1 cm³/mol. The second kappa shape index (κ2) is 5.32. The molecule has 6 heteroatoms. The summed E-state index contributed by atoms with van der Waals surface area (Å²) in [7, 11) is 0. The Labute approximate surface area is 136 Å². The minimum atomic E-state index is -0.859. The summed E-state index contributed by atoms with van der Waals surface area (Å²) < 4.78 is 5.61. The Bertz CT molecular complexity index is 1050. The molecule has 0 amide bonds. The predicted octanol–water partition coefficient (Wildman–Crippen LogP) is 2.56. The zero-order valence-electron chi connectivity index (χ0n) is 12.5. The standard InChI is InChI=1S/C18H12N4O2/c19-9-12-14(10-5-7-21-8-6-10)15-16(24-17(12)20)11-3-1-2-4-13(11)22-18(15)23/h1-8,12,14,20H,(H,22,23). The molecule has 1 aliphatic heterocycles. The lowest BCUT2D eigenvalue weighted by Gasteiger charge is -2.30. The van der Waals surface area contributed by atoms with Gasteiger partial charge in [-0.2, -0.15) is 5.26 Å². The van der Waals surface area contributed by atoms with Crippen LogP contribution in [0.15, 0.2) is 53.6 Å². The molecule has 2 N–H and O–H groups in total. The van der Waals surface area contributed by atoms with Gasteiger partial charge in [0.25, 0.3) is 5.56 Å². The van der Waals surface area contributed by atoms with E-state index in [2.05, 4.69) is 16.0 Å². The van der Waals surface area contributed by atoms with E-state index in [9.17, 15) is 10.1 Å². The number of hydrogen-bond donors (Lipinski definition) is 2. The number of fused-ring (bicyclic) bond motifs is 3. The average molecular weight is 316 g/mol. The van der Waals surface area contributed by atoms with Gasteiger partial charge in [-0.1, -0.05) is 12.1 Å².